The highest BCUT2D eigenvalue weighted by molar-refractivity contribution is 7.18. The highest BCUT2D eigenvalue weighted by Crippen LogP contribution is 2.29. The second-order valence-corrected chi connectivity index (χ2v) is 9.91. The van der Waals surface area contributed by atoms with Crippen LogP contribution in [0, 0.1) is 0 Å². The number of carbonyl (C=O) groups excluding carboxylic acids is 2. The number of rotatable bonds is 4. The maximum absolute atomic E-state index is 12.7. The van der Waals surface area contributed by atoms with Gasteiger partial charge in [0.15, 0.2) is 0 Å². The van der Waals surface area contributed by atoms with Gasteiger partial charge < -0.3 is 19.7 Å². The molecule has 4 rings (SSSR count). The lowest BCUT2D eigenvalue weighted by atomic mass is 9.95. The van der Waals surface area contributed by atoms with Gasteiger partial charge in [-0.2, -0.15) is 0 Å². The maximum Gasteiger partial charge on any atom is 0.413 e. The Labute approximate surface area is 190 Å². The molecule has 2 atom stereocenters. The van der Waals surface area contributed by atoms with Crippen LogP contribution in [0.25, 0.3) is 0 Å². The number of halogens is 1. The highest BCUT2D eigenvalue weighted by atomic mass is 35.5. The van der Waals surface area contributed by atoms with E-state index in [9.17, 15) is 9.59 Å². The van der Waals surface area contributed by atoms with E-state index >= 15 is 0 Å². The summed E-state index contributed by atoms with van der Waals surface area (Å²) >= 11 is 7.09. The number of fused-ring (bicyclic) bond motifs is 1. The minimum absolute atomic E-state index is 0.0961. The van der Waals surface area contributed by atoms with Gasteiger partial charge in [-0.25, -0.2) is 4.79 Å². The Balaban J connectivity index is 1.44. The van der Waals surface area contributed by atoms with Crippen LogP contribution in [0.5, 0.6) is 0 Å². The second kappa shape index (κ2) is 9.16. The summed E-state index contributed by atoms with van der Waals surface area (Å²) in [5, 5.41) is 5.62. The molecule has 2 aliphatic heterocycles. The van der Waals surface area contributed by atoms with Crippen molar-refractivity contribution in [2.75, 3.05) is 38.7 Å². The normalized spacial score (nSPS) is 23.6. The fourth-order valence-electron chi connectivity index (χ4n) is 4.10. The predicted molar refractivity (Wildman–Crippen MR) is 121 cm³/mol. The van der Waals surface area contributed by atoms with Crippen LogP contribution >= 0.6 is 22.9 Å². The summed E-state index contributed by atoms with van der Waals surface area (Å²) in [6, 6.07) is 9.27. The summed E-state index contributed by atoms with van der Waals surface area (Å²) < 4.78 is 11.6. The van der Waals surface area contributed by atoms with E-state index < -0.39 is 11.8 Å². The molecule has 0 aliphatic carbocycles. The third kappa shape index (κ3) is 5.20. The first-order valence-corrected chi connectivity index (χ1v) is 11.5. The van der Waals surface area contributed by atoms with Crippen molar-refractivity contribution < 1.29 is 19.1 Å². The van der Waals surface area contributed by atoms with E-state index in [1.165, 1.54) is 22.5 Å². The summed E-state index contributed by atoms with van der Waals surface area (Å²) in [7, 11) is 2.13. The molecule has 3 heterocycles. The molecule has 1 aromatic carbocycles. The van der Waals surface area contributed by atoms with Crippen LogP contribution in [0.1, 0.15) is 40.1 Å². The van der Waals surface area contributed by atoms with E-state index in [4.69, 9.17) is 21.1 Å². The number of anilines is 1. The molecule has 31 heavy (non-hydrogen) atoms. The molecule has 166 valence electrons. The monoisotopic (exact) mass is 463 g/mol. The van der Waals surface area contributed by atoms with Crippen molar-refractivity contribution in [1.29, 1.82) is 0 Å². The largest absolute Gasteiger partial charge is 0.420 e. The minimum Gasteiger partial charge on any atom is -0.420 e. The van der Waals surface area contributed by atoms with Crippen LogP contribution in [-0.4, -0.2) is 56.0 Å². The molecule has 2 N–H and O–H groups in total. The topological polar surface area (TPSA) is 79.9 Å². The molecule has 2 aliphatic rings. The molecule has 0 saturated carbocycles. The van der Waals surface area contributed by atoms with Gasteiger partial charge in [-0.3, -0.25) is 10.1 Å². The van der Waals surface area contributed by atoms with Crippen molar-refractivity contribution in [1.82, 2.24) is 10.2 Å². The molecular formula is C22H26ClN3O4S. The van der Waals surface area contributed by atoms with Gasteiger partial charge in [0, 0.05) is 25.2 Å². The van der Waals surface area contributed by atoms with Gasteiger partial charge in [-0.05, 0) is 54.8 Å². The summed E-state index contributed by atoms with van der Waals surface area (Å²) in [6.45, 7) is 4.67. The number of likely N-dealkylation sites (N-methyl/N-ethyl adjacent to an activating group) is 1. The van der Waals surface area contributed by atoms with Crippen molar-refractivity contribution in [2.24, 2.45) is 0 Å². The molecule has 1 saturated heterocycles. The van der Waals surface area contributed by atoms with Crippen LogP contribution in [0.4, 0.5) is 10.5 Å². The molecule has 0 bridgehead atoms. The first-order valence-electron chi connectivity index (χ1n) is 10.3. The zero-order chi connectivity index (χ0) is 22.0. The van der Waals surface area contributed by atoms with E-state index in [1.54, 1.807) is 12.1 Å². The summed E-state index contributed by atoms with van der Waals surface area (Å²) in [6.07, 6.45) is 0.729. The van der Waals surface area contributed by atoms with Crippen LogP contribution in [0.3, 0.4) is 0 Å². The van der Waals surface area contributed by atoms with Crippen LogP contribution < -0.4 is 10.6 Å². The number of ether oxygens (including phenoxy) is 2. The molecule has 2 aromatic rings. The zero-order valence-corrected chi connectivity index (χ0v) is 19.1. The summed E-state index contributed by atoms with van der Waals surface area (Å²) in [5.74, 6) is 0.0185. The lowest BCUT2D eigenvalue weighted by Crippen LogP contribution is -2.52. The lowest BCUT2D eigenvalue weighted by molar-refractivity contribution is -0.0113. The molecule has 1 fully saturated rings. The Morgan fingerprint density at radius 1 is 1.32 bits per heavy atom. The van der Waals surface area contributed by atoms with E-state index in [0.29, 0.717) is 33.8 Å². The fraction of sp³-hybridized carbons (Fsp3) is 0.455. The van der Waals surface area contributed by atoms with Gasteiger partial charge in [0.25, 0.3) is 5.91 Å². The van der Waals surface area contributed by atoms with Crippen molar-refractivity contribution in [3.05, 3.63) is 50.7 Å². The van der Waals surface area contributed by atoms with Crippen molar-refractivity contribution in [3.8, 4) is 0 Å². The highest BCUT2D eigenvalue weighted by Gasteiger charge is 2.41. The minimum atomic E-state index is -1.21. The van der Waals surface area contributed by atoms with Crippen molar-refractivity contribution in [3.63, 3.8) is 0 Å². The van der Waals surface area contributed by atoms with Crippen molar-refractivity contribution in [2.45, 2.75) is 31.4 Å². The molecule has 9 heteroatoms. The number of carbonyl (C=O) groups is 2. The zero-order valence-electron chi connectivity index (χ0n) is 17.6. The van der Waals surface area contributed by atoms with Crippen molar-refractivity contribution >= 4 is 40.6 Å². The number of amides is 2. The van der Waals surface area contributed by atoms with Gasteiger partial charge in [0.05, 0.1) is 15.8 Å². The van der Waals surface area contributed by atoms with Crippen LogP contribution in [-0.2, 0) is 15.9 Å². The van der Waals surface area contributed by atoms with E-state index in [-0.39, 0.29) is 12.5 Å². The van der Waals surface area contributed by atoms with Gasteiger partial charge in [-0.15, -0.1) is 11.3 Å². The third-order valence-electron chi connectivity index (χ3n) is 5.68. The second-order valence-electron chi connectivity index (χ2n) is 8.20. The molecule has 2 amide bonds. The van der Waals surface area contributed by atoms with E-state index in [0.717, 1.165) is 19.5 Å². The standard InChI is InChI=1S/C22H26ClN3O4S/c1-14-12-26(2)9-7-15-3-4-16(11-17(14)15)24-21(28)30-22(8-10-29-13-22)25-20(27)18-5-6-19(23)31-18/h3-6,11,14H,7-10,12-13H2,1-2H3,(H,24,28)(H,25,27). The molecule has 0 spiro atoms. The number of nitrogens with zero attached hydrogens (tertiary/aromatic N) is 1. The van der Waals surface area contributed by atoms with Gasteiger partial charge >= 0.3 is 6.09 Å². The Morgan fingerprint density at radius 3 is 2.87 bits per heavy atom. The summed E-state index contributed by atoms with van der Waals surface area (Å²) in [4.78, 5) is 28.1. The van der Waals surface area contributed by atoms with E-state index in [1.807, 2.05) is 12.1 Å². The number of thiophene rings is 1. The molecule has 1 aromatic heterocycles. The Morgan fingerprint density at radius 2 is 2.16 bits per heavy atom. The molecule has 0 radical (unpaired) electrons. The number of hydrogen-bond acceptors (Lipinski definition) is 6. The first kappa shape index (κ1) is 22.1. The number of nitrogens with one attached hydrogen (secondary N) is 2. The number of hydrogen-bond donors (Lipinski definition) is 2. The predicted octanol–water partition coefficient (Wildman–Crippen LogP) is 4.09. The molecular weight excluding hydrogens is 438 g/mol. The fourth-order valence-corrected chi connectivity index (χ4v) is 5.04. The third-order valence-corrected chi connectivity index (χ3v) is 6.91. The van der Waals surface area contributed by atoms with Crippen LogP contribution in [0.15, 0.2) is 30.3 Å². The average molecular weight is 464 g/mol. The SMILES string of the molecule is CC1CN(C)CCc2ccc(NC(=O)OC3(NC(=O)c4ccc(Cl)s4)CCOC3)cc21. The quantitative estimate of drug-likeness (QED) is 0.667. The van der Waals surface area contributed by atoms with Crippen LogP contribution in [0.2, 0.25) is 4.34 Å². The smallest absolute Gasteiger partial charge is 0.413 e. The van der Waals surface area contributed by atoms with Gasteiger partial charge in [-0.1, -0.05) is 24.6 Å². The molecule has 2 unspecified atom stereocenters. The van der Waals surface area contributed by atoms with Gasteiger partial charge in [0.2, 0.25) is 5.72 Å². The van der Waals surface area contributed by atoms with E-state index in [2.05, 4.69) is 35.6 Å². The first-order chi connectivity index (χ1) is 14.8. The molecule has 7 nitrogen and oxygen atoms in total. The Hall–Kier alpha value is -2.13. The number of benzene rings is 1. The van der Waals surface area contributed by atoms with Gasteiger partial charge in [0.1, 0.15) is 6.61 Å². The maximum atomic E-state index is 12.7. The lowest BCUT2D eigenvalue weighted by Gasteiger charge is -2.28. The summed E-state index contributed by atoms with van der Waals surface area (Å²) in [5.41, 5.74) is 2.01. The Kier molecular flexibility index (Phi) is 6.52. The Bertz CT molecular complexity index is 973. The average Bonchev–Trinajstić information content (AvgIpc) is 3.32.